The molecule has 1 aromatic heterocycles. The summed E-state index contributed by atoms with van der Waals surface area (Å²) >= 11 is 0. The van der Waals surface area contributed by atoms with Crippen molar-refractivity contribution in [2.45, 2.75) is 6.68 Å². The summed E-state index contributed by atoms with van der Waals surface area (Å²) in [6.45, 7) is 0.00426. The fraction of sp³-hybridized carbons (Fsp3) is 0.222. The third-order valence-corrected chi connectivity index (χ3v) is 1.30. The van der Waals surface area contributed by atoms with E-state index in [1.54, 1.807) is 0 Å². The molecule has 0 atom stereocenters. The summed E-state index contributed by atoms with van der Waals surface area (Å²) < 4.78 is 31.0. The molecule has 0 aliphatic carbocycles. The highest BCUT2D eigenvalue weighted by Crippen LogP contribution is 1.89. The lowest BCUT2D eigenvalue weighted by atomic mass is 10.3. The average molecular weight is 190 g/mol. The van der Waals surface area contributed by atoms with E-state index in [1.807, 2.05) is 42.1 Å². The van der Waals surface area contributed by atoms with Crippen LogP contribution in [0.25, 0.3) is 6.08 Å². The first-order valence-electron chi connectivity index (χ1n) is 3.57. The van der Waals surface area contributed by atoms with Crippen molar-refractivity contribution in [1.82, 2.24) is 0 Å². The van der Waals surface area contributed by atoms with Gasteiger partial charge in [0.15, 0.2) is 6.20 Å². The summed E-state index contributed by atoms with van der Waals surface area (Å²) in [7, 11) is 2.00. The summed E-state index contributed by atoms with van der Waals surface area (Å²) in [5, 5.41) is 0. The molecule has 0 aliphatic heterocycles. The Morgan fingerprint density at radius 2 is 1.92 bits per heavy atom. The van der Waals surface area contributed by atoms with Gasteiger partial charge < -0.3 is 0 Å². The van der Waals surface area contributed by atoms with Crippen molar-refractivity contribution < 1.29 is 17.7 Å². The van der Waals surface area contributed by atoms with Gasteiger partial charge in [0, 0.05) is 18.2 Å². The summed E-state index contributed by atoms with van der Waals surface area (Å²) in [6.07, 6.45) is 3.83. The quantitative estimate of drug-likeness (QED) is 0.598. The zero-order chi connectivity index (χ0) is 10.3. The van der Waals surface area contributed by atoms with E-state index in [0.29, 0.717) is 0 Å². The van der Waals surface area contributed by atoms with Gasteiger partial charge in [-0.3, -0.25) is 0 Å². The first-order chi connectivity index (χ1) is 6.07. The van der Waals surface area contributed by atoms with Gasteiger partial charge in [-0.15, -0.1) is 0 Å². The first kappa shape index (κ1) is 11.7. The molecule has 72 valence electrons. The number of hydrogen-bond acceptors (Lipinski definition) is 0. The Morgan fingerprint density at radius 3 is 2.23 bits per heavy atom. The lowest BCUT2D eigenvalue weighted by Gasteiger charge is -1.88. The lowest BCUT2D eigenvalue weighted by Crippen LogP contribution is -2.30. The van der Waals surface area contributed by atoms with Crippen molar-refractivity contribution in [3.63, 3.8) is 0 Å². The van der Waals surface area contributed by atoms with Crippen molar-refractivity contribution in [3.8, 4) is 0 Å². The minimum Gasteiger partial charge on any atom is -0.202 e. The van der Waals surface area contributed by atoms with Gasteiger partial charge in [-0.1, -0.05) is 6.58 Å². The molecular weight excluding hydrogens is 179 g/mol. The monoisotopic (exact) mass is 190 g/mol. The number of aryl methyl sites for hydroxylation is 1. The van der Waals surface area contributed by atoms with E-state index in [2.05, 4.69) is 6.58 Å². The first-order valence-corrected chi connectivity index (χ1v) is 3.57. The number of aromatic nitrogens is 1. The highest BCUT2D eigenvalue weighted by atomic mass is 19.4. The van der Waals surface area contributed by atoms with E-state index >= 15 is 0 Å². The van der Waals surface area contributed by atoms with E-state index in [-0.39, 0.29) is 0 Å². The Kier molecular flexibility index (Phi) is 5.59. The molecule has 0 fully saturated rings. The van der Waals surface area contributed by atoms with Crippen LogP contribution in [0.4, 0.5) is 13.2 Å². The SMILES string of the molecule is C=Cc1cccc[n+]1C.FC(F)F. The molecule has 1 rings (SSSR count). The second-order valence-electron chi connectivity index (χ2n) is 2.19. The zero-order valence-corrected chi connectivity index (χ0v) is 7.25. The minimum absolute atomic E-state index is 1.14. The highest BCUT2D eigenvalue weighted by Gasteiger charge is 1.94. The third kappa shape index (κ3) is 5.90. The Balaban J connectivity index is 0.000000310. The predicted octanol–water partition coefficient (Wildman–Crippen LogP) is 2.33. The van der Waals surface area contributed by atoms with Crippen LogP contribution in [0, 0.1) is 0 Å². The predicted molar refractivity (Wildman–Crippen MR) is 44.8 cm³/mol. The van der Waals surface area contributed by atoms with Gasteiger partial charge in [0.25, 0.3) is 0 Å². The van der Waals surface area contributed by atoms with E-state index < -0.39 is 6.68 Å². The summed E-state index contributed by atoms with van der Waals surface area (Å²) in [6, 6.07) is 6.01. The van der Waals surface area contributed by atoms with Crippen molar-refractivity contribution in [2.75, 3.05) is 0 Å². The second-order valence-corrected chi connectivity index (χ2v) is 2.19. The average Bonchev–Trinajstić information content (AvgIpc) is 2.04. The van der Waals surface area contributed by atoms with E-state index in [9.17, 15) is 13.2 Å². The maximum atomic E-state index is 9.67. The molecular formula is C9H11F3N+. The Bertz CT molecular complexity index is 258. The molecule has 1 nitrogen and oxygen atoms in total. The fourth-order valence-corrected chi connectivity index (χ4v) is 0.749. The van der Waals surface area contributed by atoms with Gasteiger partial charge in [-0.25, -0.2) is 4.57 Å². The third-order valence-electron chi connectivity index (χ3n) is 1.30. The van der Waals surface area contributed by atoms with E-state index in [1.165, 1.54) is 0 Å². The molecule has 0 saturated carbocycles. The van der Waals surface area contributed by atoms with Gasteiger partial charge in [0.2, 0.25) is 5.69 Å². The molecule has 1 heterocycles. The standard InChI is InChI=1S/C8H10N.CHF3/c1-3-8-6-4-5-7-9(8)2;2-1(3)4/h3-7H,1H2,2H3;1H/q+1;. The van der Waals surface area contributed by atoms with Crippen LogP contribution in [-0.4, -0.2) is 6.68 Å². The molecule has 0 aromatic carbocycles. The number of rotatable bonds is 1. The van der Waals surface area contributed by atoms with Crippen LogP contribution in [-0.2, 0) is 7.05 Å². The van der Waals surface area contributed by atoms with Crippen LogP contribution in [0.15, 0.2) is 31.0 Å². The van der Waals surface area contributed by atoms with Gasteiger partial charge in [0.05, 0.1) is 0 Å². The number of pyridine rings is 1. The molecule has 4 heteroatoms. The molecule has 0 bridgehead atoms. The van der Waals surface area contributed by atoms with E-state index in [4.69, 9.17) is 0 Å². The Morgan fingerprint density at radius 1 is 1.38 bits per heavy atom. The second kappa shape index (κ2) is 6.22. The van der Waals surface area contributed by atoms with Gasteiger partial charge in [-0.05, 0) is 6.07 Å². The molecule has 0 radical (unpaired) electrons. The van der Waals surface area contributed by atoms with Crippen LogP contribution in [0.1, 0.15) is 5.69 Å². The molecule has 13 heavy (non-hydrogen) atoms. The molecule has 0 unspecified atom stereocenters. The maximum Gasteiger partial charge on any atom is 0.379 e. The topological polar surface area (TPSA) is 3.88 Å². The van der Waals surface area contributed by atoms with Crippen molar-refractivity contribution in [3.05, 3.63) is 36.7 Å². The van der Waals surface area contributed by atoms with Gasteiger partial charge >= 0.3 is 6.68 Å². The fourth-order valence-electron chi connectivity index (χ4n) is 0.749. The van der Waals surface area contributed by atoms with Crippen LogP contribution in [0.5, 0.6) is 0 Å². The number of hydrogen-bond donors (Lipinski definition) is 0. The summed E-state index contributed by atoms with van der Waals surface area (Å²) in [5.41, 5.74) is 1.14. The molecule has 0 spiro atoms. The Labute approximate surface area is 75.1 Å². The van der Waals surface area contributed by atoms with Crippen molar-refractivity contribution in [2.24, 2.45) is 7.05 Å². The molecule has 0 amide bonds. The smallest absolute Gasteiger partial charge is 0.202 e. The summed E-state index contributed by atoms with van der Waals surface area (Å²) in [5.74, 6) is 0. The molecule has 1 aromatic rings. The largest absolute Gasteiger partial charge is 0.379 e. The highest BCUT2D eigenvalue weighted by molar-refractivity contribution is 5.36. The maximum absolute atomic E-state index is 9.67. The van der Waals surface area contributed by atoms with E-state index in [0.717, 1.165) is 5.69 Å². The molecule has 0 aliphatic rings. The normalized spacial score (nSPS) is 9.00. The minimum atomic E-state index is -3.67. The van der Waals surface area contributed by atoms with Crippen LogP contribution in [0.3, 0.4) is 0 Å². The summed E-state index contributed by atoms with van der Waals surface area (Å²) in [4.78, 5) is 0. The van der Waals surface area contributed by atoms with Gasteiger partial charge in [0.1, 0.15) is 7.05 Å². The van der Waals surface area contributed by atoms with Crippen LogP contribution < -0.4 is 4.57 Å². The van der Waals surface area contributed by atoms with Gasteiger partial charge in [-0.2, -0.15) is 13.2 Å². The van der Waals surface area contributed by atoms with Crippen molar-refractivity contribution in [1.29, 1.82) is 0 Å². The van der Waals surface area contributed by atoms with Crippen molar-refractivity contribution >= 4 is 6.08 Å². The number of nitrogens with zero attached hydrogens (tertiary/aromatic N) is 1. The Hall–Kier alpha value is -1.32. The number of halogens is 3. The van der Waals surface area contributed by atoms with Crippen LogP contribution in [0.2, 0.25) is 0 Å². The van der Waals surface area contributed by atoms with Crippen LogP contribution >= 0.6 is 0 Å². The molecule has 0 saturated heterocycles. The lowest BCUT2D eigenvalue weighted by molar-refractivity contribution is -0.673. The zero-order valence-electron chi connectivity index (χ0n) is 7.25. The number of alkyl halides is 3. The molecule has 0 N–H and O–H groups in total.